The molecule has 2 fully saturated rings. The quantitative estimate of drug-likeness (QED) is 0.792. The molecule has 0 bridgehead atoms. The summed E-state index contributed by atoms with van der Waals surface area (Å²) in [5.74, 6) is 0.514. The topological polar surface area (TPSA) is 64.4 Å². The number of carbonyl (C=O) groups is 1. The van der Waals surface area contributed by atoms with Crippen molar-refractivity contribution < 1.29 is 9.53 Å². The smallest absolute Gasteiger partial charge is 0.242 e. The Morgan fingerprint density at radius 2 is 1.67 bits per heavy atom. The van der Waals surface area contributed by atoms with E-state index in [1.54, 1.807) is 7.05 Å². The molecule has 0 radical (unpaired) electrons. The van der Waals surface area contributed by atoms with E-state index in [-0.39, 0.29) is 5.91 Å². The Kier molecular flexibility index (Phi) is 6.49. The van der Waals surface area contributed by atoms with Crippen molar-refractivity contribution in [3.8, 4) is 0 Å². The molecule has 2 aliphatic rings. The average Bonchev–Trinajstić information content (AvgIpc) is 2.54. The first-order valence-electron chi connectivity index (χ1n) is 8.77. The summed E-state index contributed by atoms with van der Waals surface area (Å²) < 4.78 is 6.03. The van der Waals surface area contributed by atoms with Crippen LogP contribution in [-0.4, -0.2) is 31.2 Å². The van der Waals surface area contributed by atoms with Crippen LogP contribution in [0.1, 0.15) is 70.6 Å². The lowest BCUT2D eigenvalue weighted by molar-refractivity contribution is -0.130. The van der Waals surface area contributed by atoms with Crippen LogP contribution in [0.5, 0.6) is 0 Å². The predicted molar refractivity (Wildman–Crippen MR) is 85.0 cm³/mol. The van der Waals surface area contributed by atoms with E-state index >= 15 is 0 Å². The van der Waals surface area contributed by atoms with Gasteiger partial charge in [0.05, 0.1) is 12.7 Å². The number of ether oxygens (including phenoxy) is 1. The molecule has 1 unspecified atom stereocenters. The van der Waals surface area contributed by atoms with Crippen molar-refractivity contribution >= 4 is 5.91 Å². The fourth-order valence-electron chi connectivity index (χ4n) is 3.87. The van der Waals surface area contributed by atoms with Crippen LogP contribution in [0.3, 0.4) is 0 Å². The summed E-state index contributed by atoms with van der Waals surface area (Å²) in [6.07, 6.45) is 13.4. The zero-order chi connectivity index (χ0) is 15.1. The third-order valence-corrected chi connectivity index (χ3v) is 5.19. The summed E-state index contributed by atoms with van der Waals surface area (Å²) in [6.45, 7) is 0.369. The van der Waals surface area contributed by atoms with E-state index < -0.39 is 5.54 Å². The Hall–Kier alpha value is -0.610. The normalized spacial score (nSPS) is 24.5. The molecule has 0 aromatic heterocycles. The van der Waals surface area contributed by atoms with Gasteiger partial charge in [0.25, 0.3) is 0 Å². The summed E-state index contributed by atoms with van der Waals surface area (Å²) in [7, 11) is 1.67. The van der Waals surface area contributed by atoms with E-state index in [2.05, 4.69) is 5.32 Å². The zero-order valence-electron chi connectivity index (χ0n) is 13.5. The first kappa shape index (κ1) is 16.8. The maximum Gasteiger partial charge on any atom is 0.242 e. The van der Waals surface area contributed by atoms with Crippen molar-refractivity contribution in [3.05, 3.63) is 0 Å². The van der Waals surface area contributed by atoms with Gasteiger partial charge in [-0.15, -0.1) is 0 Å². The van der Waals surface area contributed by atoms with Gasteiger partial charge in [-0.05, 0) is 25.2 Å². The van der Waals surface area contributed by atoms with Crippen LogP contribution >= 0.6 is 0 Å². The molecule has 1 amide bonds. The van der Waals surface area contributed by atoms with Crippen molar-refractivity contribution in [2.75, 3.05) is 13.7 Å². The molecule has 2 aliphatic carbocycles. The molecule has 122 valence electrons. The van der Waals surface area contributed by atoms with E-state index in [1.807, 2.05) is 0 Å². The molecule has 0 aromatic rings. The lowest BCUT2D eigenvalue weighted by Crippen LogP contribution is -2.58. The average molecular weight is 296 g/mol. The van der Waals surface area contributed by atoms with Gasteiger partial charge < -0.3 is 15.8 Å². The summed E-state index contributed by atoms with van der Waals surface area (Å²) in [6, 6.07) is 0. The number of nitrogens with one attached hydrogen (secondary N) is 1. The highest BCUT2D eigenvalue weighted by Gasteiger charge is 2.37. The number of hydrogen-bond donors (Lipinski definition) is 2. The van der Waals surface area contributed by atoms with E-state index in [4.69, 9.17) is 10.5 Å². The van der Waals surface area contributed by atoms with Crippen LogP contribution in [-0.2, 0) is 9.53 Å². The van der Waals surface area contributed by atoms with Crippen LogP contribution in [0.15, 0.2) is 0 Å². The van der Waals surface area contributed by atoms with Crippen LogP contribution in [0.25, 0.3) is 0 Å². The summed E-state index contributed by atoms with van der Waals surface area (Å²) >= 11 is 0. The summed E-state index contributed by atoms with van der Waals surface area (Å²) in [5.41, 5.74) is 5.61. The van der Waals surface area contributed by atoms with Crippen molar-refractivity contribution in [1.29, 1.82) is 0 Å². The Morgan fingerprint density at radius 1 is 1.10 bits per heavy atom. The molecule has 4 nitrogen and oxygen atoms in total. The minimum absolute atomic E-state index is 0.0658. The van der Waals surface area contributed by atoms with Gasteiger partial charge in [0, 0.05) is 7.05 Å². The molecule has 2 saturated carbocycles. The minimum atomic E-state index is -0.853. The van der Waals surface area contributed by atoms with Crippen LogP contribution in [0.4, 0.5) is 0 Å². The number of likely N-dealkylation sites (N-methyl/N-ethyl adjacent to an activating group) is 1. The molecule has 3 N–H and O–H groups in total. The van der Waals surface area contributed by atoms with Crippen molar-refractivity contribution in [2.45, 2.75) is 82.3 Å². The van der Waals surface area contributed by atoms with Gasteiger partial charge in [0.2, 0.25) is 5.91 Å². The monoisotopic (exact) mass is 296 g/mol. The molecular formula is C17H32N2O2. The van der Waals surface area contributed by atoms with E-state index in [1.165, 1.54) is 51.4 Å². The number of carbonyl (C=O) groups excluding carboxylic acids is 1. The van der Waals surface area contributed by atoms with Crippen molar-refractivity contribution in [1.82, 2.24) is 5.32 Å². The molecule has 21 heavy (non-hydrogen) atoms. The maximum absolute atomic E-state index is 12.3. The molecular weight excluding hydrogens is 264 g/mol. The summed E-state index contributed by atoms with van der Waals surface area (Å²) in [5, 5.41) is 2.74. The Bertz CT molecular complexity index is 323. The lowest BCUT2D eigenvalue weighted by Gasteiger charge is -2.34. The number of hydrogen-bond acceptors (Lipinski definition) is 3. The van der Waals surface area contributed by atoms with Gasteiger partial charge in [-0.2, -0.15) is 0 Å². The zero-order valence-corrected chi connectivity index (χ0v) is 13.5. The van der Waals surface area contributed by atoms with Gasteiger partial charge in [0.15, 0.2) is 0 Å². The van der Waals surface area contributed by atoms with Gasteiger partial charge >= 0.3 is 0 Å². The SMILES string of the molecule is CNC(=O)C(N)(COC1CCCCC1)CC1CCCCC1. The fourth-order valence-corrected chi connectivity index (χ4v) is 3.87. The second-order valence-corrected chi connectivity index (χ2v) is 7.01. The number of amides is 1. The Balaban J connectivity index is 1.89. The predicted octanol–water partition coefficient (Wildman–Crippen LogP) is 2.75. The molecule has 0 saturated heterocycles. The second-order valence-electron chi connectivity index (χ2n) is 7.01. The van der Waals surface area contributed by atoms with Crippen LogP contribution in [0, 0.1) is 5.92 Å². The molecule has 0 spiro atoms. The highest BCUT2D eigenvalue weighted by Crippen LogP contribution is 2.31. The van der Waals surface area contributed by atoms with Gasteiger partial charge in [0.1, 0.15) is 5.54 Å². The number of nitrogens with two attached hydrogens (primary N) is 1. The van der Waals surface area contributed by atoms with Crippen molar-refractivity contribution in [3.63, 3.8) is 0 Å². The maximum atomic E-state index is 12.3. The Morgan fingerprint density at radius 3 is 2.24 bits per heavy atom. The minimum Gasteiger partial charge on any atom is -0.376 e. The lowest BCUT2D eigenvalue weighted by atomic mass is 9.79. The van der Waals surface area contributed by atoms with E-state index in [0.29, 0.717) is 18.6 Å². The fraction of sp³-hybridized carbons (Fsp3) is 0.941. The third kappa shape index (κ3) is 4.96. The van der Waals surface area contributed by atoms with Crippen LogP contribution in [0.2, 0.25) is 0 Å². The molecule has 0 aliphatic heterocycles. The van der Waals surface area contributed by atoms with Gasteiger partial charge in [-0.1, -0.05) is 51.4 Å². The highest BCUT2D eigenvalue weighted by atomic mass is 16.5. The van der Waals surface area contributed by atoms with Crippen LogP contribution < -0.4 is 11.1 Å². The summed E-state index contributed by atoms with van der Waals surface area (Å²) in [4.78, 5) is 12.3. The Labute approximate surface area is 129 Å². The standard InChI is InChI=1S/C17H32N2O2/c1-19-16(20)17(18,12-14-8-4-2-5-9-14)13-21-15-10-6-3-7-11-15/h14-15H,2-13,18H2,1H3,(H,19,20). The van der Waals surface area contributed by atoms with Gasteiger partial charge in [-0.3, -0.25) is 4.79 Å². The highest BCUT2D eigenvalue weighted by molar-refractivity contribution is 5.86. The third-order valence-electron chi connectivity index (χ3n) is 5.19. The first-order valence-corrected chi connectivity index (χ1v) is 8.77. The van der Waals surface area contributed by atoms with Gasteiger partial charge in [-0.25, -0.2) is 0 Å². The van der Waals surface area contributed by atoms with E-state index in [9.17, 15) is 4.79 Å². The molecule has 1 atom stereocenters. The molecule has 0 aromatic carbocycles. The molecule has 4 heteroatoms. The number of rotatable bonds is 6. The largest absolute Gasteiger partial charge is 0.376 e. The van der Waals surface area contributed by atoms with Crippen molar-refractivity contribution in [2.24, 2.45) is 11.7 Å². The van der Waals surface area contributed by atoms with E-state index in [0.717, 1.165) is 19.3 Å². The molecule has 2 rings (SSSR count). The first-order chi connectivity index (χ1) is 10.1. The molecule has 0 heterocycles. The second kappa shape index (κ2) is 8.14.